The molecule has 0 spiro atoms. The summed E-state index contributed by atoms with van der Waals surface area (Å²) >= 11 is 0. The van der Waals surface area contributed by atoms with Crippen LogP contribution in [0.1, 0.15) is 149 Å². The third-order valence-electron chi connectivity index (χ3n) is 8.84. The minimum atomic E-state index is -0.885. The summed E-state index contributed by atoms with van der Waals surface area (Å²) < 4.78 is 17.2. The smallest absolute Gasteiger partial charge is 0.362 e. The Morgan fingerprint density at radius 3 is 1.54 bits per heavy atom. The van der Waals surface area contributed by atoms with Crippen LogP contribution >= 0.6 is 0 Å². The van der Waals surface area contributed by atoms with Gasteiger partial charge in [0.1, 0.15) is 6.61 Å². The molecule has 0 aliphatic carbocycles. The van der Waals surface area contributed by atoms with E-state index in [1.807, 2.05) is 21.1 Å². The minimum Gasteiger partial charge on any atom is -0.477 e. The Morgan fingerprint density at radius 1 is 0.574 bits per heavy atom. The maximum absolute atomic E-state index is 12.7. The zero-order valence-electron chi connectivity index (χ0n) is 34.9. The number of carbonyl (C=O) groups is 3. The molecule has 0 amide bonds. The second-order valence-electron chi connectivity index (χ2n) is 14.9. The summed E-state index contributed by atoms with van der Waals surface area (Å²) in [5, 5.41) is 9.60. The fourth-order valence-corrected chi connectivity index (χ4v) is 5.57. The molecule has 8 heteroatoms. The van der Waals surface area contributed by atoms with Gasteiger partial charge in [0.25, 0.3) is 0 Å². The molecule has 0 aliphatic rings. The van der Waals surface area contributed by atoms with Gasteiger partial charge < -0.3 is 23.8 Å². The Kier molecular flexibility index (Phi) is 34.5. The van der Waals surface area contributed by atoms with E-state index in [9.17, 15) is 19.5 Å². The maximum atomic E-state index is 12.7. The van der Waals surface area contributed by atoms with Crippen molar-refractivity contribution in [3.05, 3.63) is 72.9 Å². The summed E-state index contributed by atoms with van der Waals surface area (Å²) in [6, 6.07) is -0.623. The van der Waals surface area contributed by atoms with E-state index in [2.05, 4.69) is 86.8 Å². The lowest BCUT2D eigenvalue weighted by molar-refractivity contribution is -0.887. The van der Waals surface area contributed by atoms with E-state index in [1.165, 1.54) is 12.8 Å². The number of hydrogen-bond acceptors (Lipinski definition) is 6. The number of aliphatic carboxylic acids is 1. The molecule has 2 unspecified atom stereocenters. The molecule has 2 atom stereocenters. The van der Waals surface area contributed by atoms with Gasteiger partial charge in [-0.15, -0.1) is 0 Å². The van der Waals surface area contributed by atoms with Crippen molar-refractivity contribution in [1.82, 2.24) is 0 Å². The molecular formula is C46H78NO7+. The van der Waals surface area contributed by atoms with Gasteiger partial charge >= 0.3 is 17.9 Å². The number of unbranched alkanes of at least 4 members (excludes halogenated alkanes) is 10. The first kappa shape index (κ1) is 50.8. The molecule has 0 aromatic carbocycles. The van der Waals surface area contributed by atoms with E-state index in [1.54, 1.807) is 0 Å². The lowest BCUT2D eigenvalue weighted by atomic mass is 10.1. The van der Waals surface area contributed by atoms with Crippen LogP contribution in [0.15, 0.2) is 72.9 Å². The van der Waals surface area contributed by atoms with Crippen molar-refractivity contribution >= 4 is 17.9 Å². The van der Waals surface area contributed by atoms with Crippen LogP contribution in [0.2, 0.25) is 0 Å². The monoisotopic (exact) mass is 757 g/mol. The first-order chi connectivity index (χ1) is 26.1. The Balaban J connectivity index is 4.42. The van der Waals surface area contributed by atoms with Gasteiger partial charge in [0.2, 0.25) is 0 Å². The van der Waals surface area contributed by atoms with Gasteiger partial charge in [0.05, 0.1) is 34.4 Å². The van der Waals surface area contributed by atoms with Crippen LogP contribution in [0.4, 0.5) is 0 Å². The molecule has 308 valence electrons. The molecule has 0 fully saturated rings. The van der Waals surface area contributed by atoms with E-state index in [-0.39, 0.29) is 36.2 Å². The standard InChI is InChI=1S/C46H77NO7/c1-6-8-10-12-14-16-18-19-20-21-22-23-24-25-26-27-29-31-33-35-37-45(49)54-42(40-52-39-38-43(46(50)51)47(3,4)5)41-53-44(48)36-34-32-30-28-17-15-13-11-9-7-2/h8,10,13-16,19-20,22-23,25-26,42-43H,6-7,9,11-12,17-18,21,24,27-41H2,1-5H3/p+1/b10-8+,15-13+,16-14+,20-19+,23-22+,26-25+. The fourth-order valence-electron chi connectivity index (χ4n) is 5.57. The van der Waals surface area contributed by atoms with Crippen molar-refractivity contribution in [3.8, 4) is 0 Å². The van der Waals surface area contributed by atoms with E-state index >= 15 is 0 Å². The summed E-state index contributed by atoms with van der Waals surface area (Å²) in [4.78, 5) is 36.8. The number of ether oxygens (including phenoxy) is 3. The fraction of sp³-hybridized carbons (Fsp3) is 0.674. The van der Waals surface area contributed by atoms with E-state index in [4.69, 9.17) is 14.2 Å². The average Bonchev–Trinajstić information content (AvgIpc) is 3.12. The molecule has 0 bridgehead atoms. The number of esters is 2. The quantitative estimate of drug-likeness (QED) is 0.0294. The zero-order valence-corrected chi connectivity index (χ0v) is 34.9. The van der Waals surface area contributed by atoms with Gasteiger partial charge in [0.15, 0.2) is 12.1 Å². The number of rotatable bonds is 36. The summed E-state index contributed by atoms with van der Waals surface area (Å²) in [7, 11) is 5.50. The Hall–Kier alpha value is -3.23. The highest BCUT2D eigenvalue weighted by atomic mass is 16.6. The molecule has 0 rings (SSSR count). The lowest BCUT2D eigenvalue weighted by Gasteiger charge is -2.31. The molecule has 0 aromatic heterocycles. The second kappa shape index (κ2) is 36.7. The van der Waals surface area contributed by atoms with Gasteiger partial charge in [-0.2, -0.15) is 0 Å². The Bertz CT molecular complexity index is 1110. The predicted molar refractivity (Wildman–Crippen MR) is 224 cm³/mol. The highest BCUT2D eigenvalue weighted by Crippen LogP contribution is 2.12. The van der Waals surface area contributed by atoms with Gasteiger partial charge in [-0.25, -0.2) is 4.79 Å². The minimum absolute atomic E-state index is 0.0432. The molecule has 8 nitrogen and oxygen atoms in total. The average molecular weight is 757 g/mol. The van der Waals surface area contributed by atoms with Gasteiger partial charge in [-0.3, -0.25) is 9.59 Å². The van der Waals surface area contributed by atoms with Crippen molar-refractivity contribution in [3.63, 3.8) is 0 Å². The van der Waals surface area contributed by atoms with Crippen molar-refractivity contribution in [2.24, 2.45) is 0 Å². The molecule has 0 heterocycles. The molecule has 0 aliphatic heterocycles. The molecule has 0 aromatic rings. The lowest BCUT2D eigenvalue weighted by Crippen LogP contribution is -2.50. The summed E-state index contributed by atoms with van der Waals surface area (Å²) in [5.41, 5.74) is 0. The number of quaternary nitrogens is 1. The van der Waals surface area contributed by atoms with E-state index < -0.39 is 18.1 Å². The normalized spacial score (nSPS) is 13.7. The van der Waals surface area contributed by atoms with Gasteiger partial charge in [-0.05, 0) is 77.0 Å². The van der Waals surface area contributed by atoms with E-state index in [0.29, 0.717) is 19.3 Å². The van der Waals surface area contributed by atoms with Crippen LogP contribution in [-0.4, -0.2) is 80.6 Å². The van der Waals surface area contributed by atoms with Crippen LogP contribution in [0.5, 0.6) is 0 Å². The first-order valence-electron chi connectivity index (χ1n) is 21.0. The maximum Gasteiger partial charge on any atom is 0.362 e. The summed E-state index contributed by atoms with van der Waals surface area (Å²) in [6.07, 6.45) is 45.2. The summed E-state index contributed by atoms with van der Waals surface area (Å²) in [5.74, 6) is -1.53. The van der Waals surface area contributed by atoms with Crippen LogP contribution in [0.3, 0.4) is 0 Å². The van der Waals surface area contributed by atoms with Gasteiger partial charge in [0, 0.05) is 19.3 Å². The number of carbonyl (C=O) groups excluding carboxylic acids is 2. The first-order valence-corrected chi connectivity index (χ1v) is 21.0. The second-order valence-corrected chi connectivity index (χ2v) is 14.9. The summed E-state index contributed by atoms with van der Waals surface area (Å²) in [6.45, 7) is 4.51. The highest BCUT2D eigenvalue weighted by Gasteiger charge is 2.31. The number of allylic oxidation sites excluding steroid dienone is 12. The number of nitrogens with zero attached hydrogens (tertiary/aromatic N) is 1. The van der Waals surface area contributed by atoms with Crippen LogP contribution in [0.25, 0.3) is 0 Å². The number of carboxylic acid groups (broad SMARTS) is 1. The molecular weight excluding hydrogens is 679 g/mol. The van der Waals surface area contributed by atoms with Crippen molar-refractivity contribution in [1.29, 1.82) is 0 Å². The van der Waals surface area contributed by atoms with Crippen molar-refractivity contribution < 1.29 is 38.2 Å². The third kappa shape index (κ3) is 34.5. The van der Waals surface area contributed by atoms with Gasteiger partial charge in [-0.1, -0.05) is 125 Å². The van der Waals surface area contributed by atoms with Crippen LogP contribution in [-0.2, 0) is 28.6 Å². The molecule has 1 N–H and O–H groups in total. The molecule has 0 saturated heterocycles. The number of hydrogen-bond donors (Lipinski definition) is 1. The molecule has 54 heavy (non-hydrogen) atoms. The largest absolute Gasteiger partial charge is 0.477 e. The van der Waals surface area contributed by atoms with Crippen LogP contribution in [0, 0.1) is 0 Å². The number of carboxylic acids is 1. The number of likely N-dealkylation sites (N-methyl/N-ethyl adjacent to an activating group) is 1. The third-order valence-corrected chi connectivity index (χ3v) is 8.84. The van der Waals surface area contributed by atoms with Crippen LogP contribution < -0.4 is 0 Å². The SMILES string of the molecule is CC/C=C/C/C=C/C/C=C/C/C=C/C/C=C/CCCCCCC(=O)OC(COCCC(C(=O)O)[N+](C)(C)C)COC(=O)CCCCCC/C=C/CCCC. The Morgan fingerprint density at radius 2 is 1.04 bits per heavy atom. The van der Waals surface area contributed by atoms with Crippen molar-refractivity contribution in [2.75, 3.05) is 41.0 Å². The molecule has 0 radical (unpaired) electrons. The van der Waals surface area contributed by atoms with E-state index in [0.717, 1.165) is 103 Å². The topological polar surface area (TPSA) is 99.1 Å². The van der Waals surface area contributed by atoms with Crippen molar-refractivity contribution in [2.45, 2.75) is 161 Å². The predicted octanol–water partition coefficient (Wildman–Crippen LogP) is 11.2. The molecule has 0 saturated carbocycles. The highest BCUT2D eigenvalue weighted by molar-refractivity contribution is 5.72. The zero-order chi connectivity index (χ0) is 40.0. The Labute approximate surface area is 330 Å².